The number of hydrogen-bond donors (Lipinski definition) is 1. The van der Waals surface area contributed by atoms with Crippen molar-refractivity contribution in [2.45, 2.75) is 13.5 Å². The third-order valence-electron chi connectivity index (χ3n) is 3.10. The van der Waals surface area contributed by atoms with E-state index in [1.807, 2.05) is 6.92 Å². The molecular formula is C18H17F2NO5. The fourth-order valence-corrected chi connectivity index (χ4v) is 1.99. The quantitative estimate of drug-likeness (QED) is 0.725. The second-order valence-electron chi connectivity index (χ2n) is 4.98. The summed E-state index contributed by atoms with van der Waals surface area (Å²) in [5, 5.41) is 2.48. The van der Waals surface area contributed by atoms with Crippen LogP contribution in [0, 0.1) is 0 Å². The molecule has 1 N–H and O–H groups in total. The van der Waals surface area contributed by atoms with Crippen LogP contribution in [-0.4, -0.2) is 31.7 Å². The summed E-state index contributed by atoms with van der Waals surface area (Å²) in [5.41, 5.74) is 0.642. The van der Waals surface area contributed by atoms with Crippen LogP contribution in [0.25, 0.3) is 0 Å². The molecule has 2 aromatic carbocycles. The molecule has 0 aliphatic rings. The Morgan fingerprint density at radius 2 is 1.62 bits per heavy atom. The van der Waals surface area contributed by atoms with Crippen LogP contribution in [0.5, 0.6) is 11.5 Å². The van der Waals surface area contributed by atoms with E-state index in [1.54, 1.807) is 12.1 Å². The highest BCUT2D eigenvalue weighted by Gasteiger charge is 2.11. The first kappa shape index (κ1) is 19.2. The average molecular weight is 365 g/mol. The van der Waals surface area contributed by atoms with Crippen molar-refractivity contribution in [1.29, 1.82) is 0 Å². The highest BCUT2D eigenvalue weighted by molar-refractivity contribution is 5.95. The molecule has 0 spiro atoms. The Morgan fingerprint density at radius 3 is 2.19 bits per heavy atom. The lowest BCUT2D eigenvalue weighted by Gasteiger charge is -2.08. The van der Waals surface area contributed by atoms with Gasteiger partial charge in [0.05, 0.1) is 12.2 Å². The molecule has 0 unspecified atom stereocenters. The Kier molecular flexibility index (Phi) is 6.90. The first-order chi connectivity index (χ1) is 12.5. The van der Waals surface area contributed by atoms with Crippen molar-refractivity contribution in [3.8, 4) is 11.5 Å². The molecule has 0 aliphatic heterocycles. The second-order valence-corrected chi connectivity index (χ2v) is 4.98. The van der Waals surface area contributed by atoms with E-state index in [0.717, 1.165) is 0 Å². The zero-order chi connectivity index (χ0) is 18.9. The van der Waals surface area contributed by atoms with Crippen LogP contribution in [0.1, 0.15) is 17.3 Å². The van der Waals surface area contributed by atoms with Gasteiger partial charge in [-0.3, -0.25) is 4.79 Å². The minimum atomic E-state index is -2.92. The summed E-state index contributed by atoms with van der Waals surface area (Å²) < 4.78 is 38.5. The van der Waals surface area contributed by atoms with Crippen LogP contribution in [-0.2, 0) is 9.53 Å². The number of rotatable bonds is 8. The van der Waals surface area contributed by atoms with Gasteiger partial charge < -0.3 is 19.5 Å². The fourth-order valence-electron chi connectivity index (χ4n) is 1.99. The van der Waals surface area contributed by atoms with Crippen molar-refractivity contribution in [2.24, 2.45) is 0 Å². The van der Waals surface area contributed by atoms with Gasteiger partial charge in [0.2, 0.25) is 0 Å². The maximum Gasteiger partial charge on any atom is 0.387 e. The van der Waals surface area contributed by atoms with Gasteiger partial charge in [-0.05, 0) is 55.5 Å². The number of ether oxygens (including phenoxy) is 3. The largest absolute Gasteiger partial charge is 0.494 e. The van der Waals surface area contributed by atoms with Gasteiger partial charge in [0.15, 0.2) is 6.61 Å². The fraction of sp³-hybridized carbons (Fsp3) is 0.222. The highest BCUT2D eigenvalue weighted by atomic mass is 19.3. The van der Waals surface area contributed by atoms with E-state index >= 15 is 0 Å². The molecule has 0 fully saturated rings. The number of nitrogens with one attached hydrogen (secondary N) is 1. The molecule has 0 radical (unpaired) electrons. The summed E-state index contributed by atoms with van der Waals surface area (Å²) in [6.45, 7) is -1.04. The smallest absolute Gasteiger partial charge is 0.387 e. The molecule has 0 atom stereocenters. The maximum absolute atomic E-state index is 12.1. The van der Waals surface area contributed by atoms with Crippen LogP contribution in [0.2, 0.25) is 0 Å². The summed E-state index contributed by atoms with van der Waals surface area (Å²) in [6.07, 6.45) is 0. The van der Waals surface area contributed by atoms with Crippen molar-refractivity contribution < 1.29 is 32.6 Å². The van der Waals surface area contributed by atoms with E-state index in [-0.39, 0.29) is 11.3 Å². The Labute approximate surface area is 148 Å². The van der Waals surface area contributed by atoms with Crippen LogP contribution in [0.15, 0.2) is 48.5 Å². The van der Waals surface area contributed by atoms with Crippen molar-refractivity contribution >= 4 is 17.6 Å². The minimum Gasteiger partial charge on any atom is -0.494 e. The standard InChI is InChI=1S/C18H17F2NO5/c1-2-24-14-7-3-12(4-8-14)17(23)25-11-16(22)21-13-5-9-15(10-6-13)26-18(19)20/h3-10,18H,2,11H2,1H3,(H,21,22). The normalized spacial score (nSPS) is 10.3. The zero-order valence-electron chi connectivity index (χ0n) is 13.9. The predicted octanol–water partition coefficient (Wildman–Crippen LogP) is 3.48. The van der Waals surface area contributed by atoms with Crippen molar-refractivity contribution in [3.63, 3.8) is 0 Å². The Morgan fingerprint density at radius 1 is 1.00 bits per heavy atom. The molecule has 2 aromatic rings. The molecule has 6 nitrogen and oxygen atoms in total. The van der Waals surface area contributed by atoms with Gasteiger partial charge in [-0.2, -0.15) is 8.78 Å². The summed E-state index contributed by atoms with van der Waals surface area (Å²) in [6, 6.07) is 11.7. The SMILES string of the molecule is CCOc1ccc(C(=O)OCC(=O)Nc2ccc(OC(F)F)cc2)cc1. The summed E-state index contributed by atoms with van der Waals surface area (Å²) in [7, 11) is 0. The van der Waals surface area contributed by atoms with E-state index < -0.39 is 25.1 Å². The van der Waals surface area contributed by atoms with E-state index in [4.69, 9.17) is 9.47 Å². The van der Waals surface area contributed by atoms with Crippen LogP contribution in [0.4, 0.5) is 14.5 Å². The number of hydrogen-bond acceptors (Lipinski definition) is 5. The van der Waals surface area contributed by atoms with Gasteiger partial charge in [0.25, 0.3) is 5.91 Å². The van der Waals surface area contributed by atoms with E-state index in [1.165, 1.54) is 36.4 Å². The lowest BCUT2D eigenvalue weighted by Crippen LogP contribution is -2.20. The molecule has 0 saturated carbocycles. The molecule has 138 valence electrons. The van der Waals surface area contributed by atoms with E-state index in [9.17, 15) is 18.4 Å². The van der Waals surface area contributed by atoms with E-state index in [2.05, 4.69) is 10.1 Å². The number of halogens is 2. The average Bonchev–Trinajstić information content (AvgIpc) is 2.62. The molecular weight excluding hydrogens is 348 g/mol. The Hall–Kier alpha value is -3.16. The second kappa shape index (κ2) is 9.36. The van der Waals surface area contributed by atoms with Gasteiger partial charge in [-0.15, -0.1) is 0 Å². The van der Waals surface area contributed by atoms with Crippen molar-refractivity contribution in [1.82, 2.24) is 0 Å². The predicted molar refractivity (Wildman–Crippen MR) is 89.6 cm³/mol. The molecule has 26 heavy (non-hydrogen) atoms. The van der Waals surface area contributed by atoms with E-state index in [0.29, 0.717) is 18.0 Å². The van der Waals surface area contributed by atoms with Crippen LogP contribution >= 0.6 is 0 Å². The molecule has 2 rings (SSSR count). The number of esters is 1. The third-order valence-corrected chi connectivity index (χ3v) is 3.10. The lowest BCUT2D eigenvalue weighted by molar-refractivity contribution is -0.119. The lowest BCUT2D eigenvalue weighted by atomic mass is 10.2. The first-order valence-electron chi connectivity index (χ1n) is 7.72. The van der Waals surface area contributed by atoms with Gasteiger partial charge in [0.1, 0.15) is 11.5 Å². The van der Waals surface area contributed by atoms with Gasteiger partial charge >= 0.3 is 12.6 Å². The molecule has 0 aromatic heterocycles. The molecule has 1 amide bonds. The highest BCUT2D eigenvalue weighted by Crippen LogP contribution is 2.17. The van der Waals surface area contributed by atoms with Crippen molar-refractivity contribution in [3.05, 3.63) is 54.1 Å². The van der Waals surface area contributed by atoms with Crippen molar-refractivity contribution in [2.75, 3.05) is 18.5 Å². The van der Waals surface area contributed by atoms with Gasteiger partial charge in [-0.1, -0.05) is 0 Å². The Balaban J connectivity index is 1.81. The molecule has 8 heteroatoms. The summed E-state index contributed by atoms with van der Waals surface area (Å²) >= 11 is 0. The minimum absolute atomic E-state index is 0.0278. The molecule has 0 saturated heterocycles. The summed E-state index contributed by atoms with van der Waals surface area (Å²) in [5.74, 6) is -0.614. The number of anilines is 1. The maximum atomic E-state index is 12.1. The Bertz CT molecular complexity index is 732. The van der Waals surface area contributed by atoms with Gasteiger partial charge in [-0.25, -0.2) is 4.79 Å². The molecule has 0 bridgehead atoms. The van der Waals surface area contributed by atoms with Crippen LogP contribution < -0.4 is 14.8 Å². The topological polar surface area (TPSA) is 73.9 Å². The summed E-state index contributed by atoms with van der Waals surface area (Å²) in [4.78, 5) is 23.7. The van der Waals surface area contributed by atoms with Gasteiger partial charge in [0, 0.05) is 5.69 Å². The zero-order valence-corrected chi connectivity index (χ0v) is 13.9. The number of amides is 1. The molecule has 0 heterocycles. The first-order valence-corrected chi connectivity index (χ1v) is 7.72. The third kappa shape index (κ3) is 6.04. The molecule has 0 aliphatic carbocycles. The number of carbonyl (C=O) groups is 2. The number of benzene rings is 2. The number of alkyl halides is 2. The monoisotopic (exact) mass is 365 g/mol. The van der Waals surface area contributed by atoms with Crippen LogP contribution in [0.3, 0.4) is 0 Å². The number of carbonyl (C=O) groups excluding carboxylic acids is 2.